The minimum atomic E-state index is -1.85. The van der Waals surface area contributed by atoms with E-state index in [4.69, 9.17) is 16.0 Å². The fourth-order valence-electron chi connectivity index (χ4n) is 0.165. The molecule has 0 aliphatic carbocycles. The first-order valence-corrected chi connectivity index (χ1v) is 2.99. The highest BCUT2D eigenvalue weighted by molar-refractivity contribution is 7.79. The normalized spacial score (nSPS) is 14.9. The van der Waals surface area contributed by atoms with Gasteiger partial charge in [-0.3, -0.25) is 0 Å². The van der Waals surface area contributed by atoms with E-state index in [2.05, 4.69) is 0 Å². The maximum absolute atomic E-state index is 9.76. The van der Waals surface area contributed by atoms with Gasteiger partial charge in [-0.25, -0.2) is 4.21 Å². The van der Waals surface area contributed by atoms with Crippen molar-refractivity contribution in [3.8, 4) is 0 Å². The van der Waals surface area contributed by atoms with Gasteiger partial charge in [0, 0.05) is 0 Å². The van der Waals surface area contributed by atoms with E-state index in [0.717, 1.165) is 0 Å². The molecule has 0 saturated carbocycles. The van der Waals surface area contributed by atoms with Crippen LogP contribution in [0.5, 0.6) is 0 Å². The Morgan fingerprint density at radius 1 is 1.71 bits per heavy atom. The molecule has 0 amide bonds. The van der Waals surface area contributed by atoms with E-state index >= 15 is 0 Å². The van der Waals surface area contributed by atoms with Crippen molar-refractivity contribution >= 4 is 11.1 Å². The summed E-state index contributed by atoms with van der Waals surface area (Å²) in [6.45, 7) is 0. The molecule has 0 aliphatic heterocycles. The summed E-state index contributed by atoms with van der Waals surface area (Å²) in [6.07, 6.45) is -0.675. The summed E-state index contributed by atoms with van der Waals surface area (Å²) in [6, 6.07) is 0. The summed E-state index contributed by atoms with van der Waals surface area (Å²) >= 11 is -1.85. The molecule has 0 saturated heterocycles. The Hall–Kier alpha value is 0.0300. The van der Waals surface area contributed by atoms with Crippen molar-refractivity contribution in [2.75, 3.05) is 5.75 Å². The monoisotopic (exact) mass is 124 g/mol. The van der Waals surface area contributed by atoms with Crippen LogP contribution in [0, 0.1) is 0 Å². The van der Waals surface area contributed by atoms with Gasteiger partial charge >= 0.3 is 0 Å². The average molecular weight is 124 g/mol. The van der Waals surface area contributed by atoms with Crippen LogP contribution in [0.25, 0.3) is 0 Å². The van der Waals surface area contributed by atoms with Crippen LogP contribution >= 0.6 is 0 Å². The third-order valence-electron chi connectivity index (χ3n) is 0.335. The molecule has 0 radical (unpaired) electrons. The lowest BCUT2D eigenvalue weighted by molar-refractivity contribution is 0.557. The molecule has 0 heterocycles. The number of rotatable bonds is 2. The standard InChI is InChI=1S/C2H8N2O2S/c3-2(4)1-7(5)6/h2H,1,3-4H2,(H,5,6). The zero-order valence-corrected chi connectivity index (χ0v) is 4.52. The quantitative estimate of drug-likeness (QED) is 0.307. The molecule has 1 atom stereocenters. The number of hydrogen-bond acceptors (Lipinski definition) is 3. The molecule has 5 N–H and O–H groups in total. The topological polar surface area (TPSA) is 89.3 Å². The van der Waals surface area contributed by atoms with Crippen LogP contribution in [0.1, 0.15) is 0 Å². The van der Waals surface area contributed by atoms with Crippen LogP contribution in [0.15, 0.2) is 0 Å². The van der Waals surface area contributed by atoms with Crippen LogP contribution in [0.4, 0.5) is 0 Å². The predicted octanol–water partition coefficient (Wildman–Crippen LogP) is -1.55. The summed E-state index contributed by atoms with van der Waals surface area (Å²) in [7, 11) is 0. The SMILES string of the molecule is NC(N)CS(=O)O. The first-order chi connectivity index (χ1) is 3.13. The predicted molar refractivity (Wildman–Crippen MR) is 27.8 cm³/mol. The molecule has 1 unspecified atom stereocenters. The second-order valence-corrected chi connectivity index (χ2v) is 2.13. The Bertz CT molecular complexity index is 74.1. The maximum atomic E-state index is 9.76. The second-order valence-electron chi connectivity index (χ2n) is 1.15. The number of hydrogen-bond donors (Lipinski definition) is 3. The van der Waals surface area contributed by atoms with Gasteiger partial charge in [-0.05, 0) is 0 Å². The molecule has 0 bridgehead atoms. The van der Waals surface area contributed by atoms with Crippen LogP contribution in [0.2, 0.25) is 0 Å². The molecule has 0 spiro atoms. The molecule has 0 rings (SSSR count). The Morgan fingerprint density at radius 2 is 2.14 bits per heavy atom. The van der Waals surface area contributed by atoms with Crippen LogP contribution < -0.4 is 11.5 Å². The highest BCUT2D eigenvalue weighted by Gasteiger charge is 1.96. The Morgan fingerprint density at radius 3 is 2.14 bits per heavy atom. The molecule has 4 nitrogen and oxygen atoms in total. The van der Waals surface area contributed by atoms with Gasteiger partial charge in [0.2, 0.25) is 0 Å². The van der Waals surface area contributed by atoms with E-state index in [1.807, 2.05) is 0 Å². The highest BCUT2D eigenvalue weighted by Crippen LogP contribution is 1.70. The van der Waals surface area contributed by atoms with Gasteiger partial charge in [-0.1, -0.05) is 0 Å². The molecule has 7 heavy (non-hydrogen) atoms. The Kier molecular flexibility index (Phi) is 3.10. The lowest BCUT2D eigenvalue weighted by Gasteiger charge is -1.96. The van der Waals surface area contributed by atoms with Crippen molar-refractivity contribution in [2.24, 2.45) is 11.5 Å². The third kappa shape index (κ3) is 6.03. The molecule has 0 aliphatic rings. The molecular weight excluding hydrogens is 116 g/mol. The lowest BCUT2D eigenvalue weighted by atomic mass is 10.7. The summed E-state index contributed by atoms with van der Waals surface area (Å²) < 4.78 is 17.8. The second kappa shape index (κ2) is 3.09. The van der Waals surface area contributed by atoms with Crippen LogP contribution in [0.3, 0.4) is 0 Å². The molecular formula is C2H8N2O2S. The van der Waals surface area contributed by atoms with Crippen LogP contribution in [-0.4, -0.2) is 20.7 Å². The fraction of sp³-hybridized carbons (Fsp3) is 1.00. The van der Waals surface area contributed by atoms with Crippen molar-refractivity contribution in [1.82, 2.24) is 0 Å². The molecule has 0 aromatic heterocycles. The van der Waals surface area contributed by atoms with Crippen molar-refractivity contribution in [3.05, 3.63) is 0 Å². The summed E-state index contributed by atoms with van der Waals surface area (Å²) in [4.78, 5) is 0. The molecule has 0 fully saturated rings. The summed E-state index contributed by atoms with van der Waals surface area (Å²) in [5.74, 6) is -0.0556. The maximum Gasteiger partial charge on any atom is 0.155 e. The van der Waals surface area contributed by atoms with Gasteiger partial charge in [-0.15, -0.1) is 0 Å². The summed E-state index contributed by atoms with van der Waals surface area (Å²) in [5.41, 5.74) is 9.84. The molecule has 0 aromatic carbocycles. The zero-order chi connectivity index (χ0) is 5.86. The van der Waals surface area contributed by atoms with Crippen molar-refractivity contribution < 1.29 is 8.76 Å². The average Bonchev–Trinajstić information content (AvgIpc) is 1.27. The lowest BCUT2D eigenvalue weighted by Crippen LogP contribution is -2.35. The highest BCUT2D eigenvalue weighted by atomic mass is 32.2. The van der Waals surface area contributed by atoms with E-state index in [1.165, 1.54) is 0 Å². The molecule has 5 heteroatoms. The smallest absolute Gasteiger partial charge is 0.155 e. The van der Waals surface area contributed by atoms with Gasteiger partial charge in [0.1, 0.15) is 0 Å². The van der Waals surface area contributed by atoms with E-state index in [-0.39, 0.29) is 5.75 Å². The fourth-order valence-corrected chi connectivity index (χ4v) is 0.494. The largest absolute Gasteiger partial charge is 0.315 e. The minimum Gasteiger partial charge on any atom is -0.315 e. The minimum absolute atomic E-state index is 0.0556. The van der Waals surface area contributed by atoms with E-state index in [0.29, 0.717) is 0 Å². The Balaban J connectivity index is 3.13. The van der Waals surface area contributed by atoms with Gasteiger partial charge in [0.25, 0.3) is 0 Å². The first kappa shape index (κ1) is 7.03. The van der Waals surface area contributed by atoms with Crippen molar-refractivity contribution in [2.45, 2.75) is 6.17 Å². The molecule has 44 valence electrons. The first-order valence-electron chi connectivity index (χ1n) is 1.71. The van der Waals surface area contributed by atoms with E-state index < -0.39 is 17.2 Å². The van der Waals surface area contributed by atoms with Crippen LogP contribution in [-0.2, 0) is 11.1 Å². The van der Waals surface area contributed by atoms with Crippen molar-refractivity contribution in [3.63, 3.8) is 0 Å². The van der Waals surface area contributed by atoms with Gasteiger partial charge in [-0.2, -0.15) is 0 Å². The Labute approximate surface area is 44.2 Å². The van der Waals surface area contributed by atoms with Gasteiger partial charge < -0.3 is 16.0 Å². The number of nitrogens with two attached hydrogens (primary N) is 2. The van der Waals surface area contributed by atoms with Gasteiger partial charge in [0.15, 0.2) is 11.1 Å². The summed E-state index contributed by atoms with van der Waals surface area (Å²) in [5, 5.41) is 0. The zero-order valence-electron chi connectivity index (χ0n) is 3.70. The van der Waals surface area contributed by atoms with E-state index in [9.17, 15) is 4.21 Å². The molecule has 0 aromatic rings. The van der Waals surface area contributed by atoms with E-state index in [1.54, 1.807) is 0 Å². The van der Waals surface area contributed by atoms with Gasteiger partial charge in [0.05, 0.1) is 11.9 Å². The third-order valence-corrected chi connectivity index (χ3v) is 1.01. The van der Waals surface area contributed by atoms with Crippen molar-refractivity contribution in [1.29, 1.82) is 0 Å².